The van der Waals surface area contributed by atoms with Gasteiger partial charge in [0.05, 0.1) is 0 Å². The Kier molecular flexibility index (Phi) is 15.8. The van der Waals surface area contributed by atoms with Gasteiger partial charge in [0.15, 0.2) is 11.1 Å². The molecule has 0 radical (unpaired) electrons. The highest BCUT2D eigenvalue weighted by Crippen LogP contribution is 2.08. The van der Waals surface area contributed by atoms with Crippen LogP contribution in [-0.4, -0.2) is 14.5 Å². The Bertz CT molecular complexity index is 227. The summed E-state index contributed by atoms with van der Waals surface area (Å²) in [6, 6.07) is 0. The zero-order valence-corrected chi connectivity index (χ0v) is 13.4. The monoisotopic (exact) mass is 288 g/mol. The molecule has 0 aliphatic rings. The van der Waals surface area contributed by atoms with Crippen LogP contribution in [0.2, 0.25) is 0 Å². The molecule has 1 unspecified atom stereocenters. The number of allylic oxidation sites excluding steroid dienone is 2. The second-order valence-corrected chi connectivity index (χ2v) is 6.31. The van der Waals surface area contributed by atoms with Crippen molar-refractivity contribution < 1.29 is 8.76 Å². The molecule has 0 aliphatic carbocycles. The third-order valence-electron chi connectivity index (χ3n) is 3.33. The lowest BCUT2D eigenvalue weighted by Crippen LogP contribution is -1.94. The van der Waals surface area contributed by atoms with Crippen LogP contribution in [0.15, 0.2) is 12.2 Å². The van der Waals surface area contributed by atoms with Crippen molar-refractivity contribution in [2.45, 2.75) is 84.0 Å². The molecular formula is C16H32O2S. The van der Waals surface area contributed by atoms with E-state index in [0.717, 1.165) is 12.8 Å². The highest BCUT2D eigenvalue weighted by atomic mass is 32.2. The summed E-state index contributed by atoms with van der Waals surface area (Å²) in [5, 5.41) is 0. The maximum Gasteiger partial charge on any atom is 0.152 e. The lowest BCUT2D eigenvalue weighted by atomic mass is 10.1. The summed E-state index contributed by atoms with van der Waals surface area (Å²) in [6.45, 7) is 2.25. The van der Waals surface area contributed by atoms with Crippen molar-refractivity contribution in [3.63, 3.8) is 0 Å². The van der Waals surface area contributed by atoms with Crippen molar-refractivity contribution in [3.05, 3.63) is 12.2 Å². The maximum atomic E-state index is 10.4. The summed E-state index contributed by atoms with van der Waals surface area (Å²) >= 11 is -1.59. The Morgan fingerprint density at radius 3 is 1.79 bits per heavy atom. The van der Waals surface area contributed by atoms with Crippen molar-refractivity contribution in [2.24, 2.45) is 0 Å². The quantitative estimate of drug-likeness (QED) is 0.261. The van der Waals surface area contributed by atoms with E-state index >= 15 is 0 Å². The molecule has 1 N–H and O–H groups in total. The van der Waals surface area contributed by atoms with Crippen LogP contribution in [0.4, 0.5) is 0 Å². The van der Waals surface area contributed by atoms with Crippen molar-refractivity contribution >= 4 is 11.1 Å². The third-order valence-corrected chi connectivity index (χ3v) is 3.97. The van der Waals surface area contributed by atoms with Crippen LogP contribution in [0.5, 0.6) is 0 Å². The maximum absolute atomic E-state index is 10.4. The highest BCUT2D eigenvalue weighted by Gasteiger charge is 1.94. The second kappa shape index (κ2) is 15.9. The molecule has 0 aromatic carbocycles. The van der Waals surface area contributed by atoms with E-state index in [1.807, 2.05) is 0 Å². The van der Waals surface area contributed by atoms with Crippen LogP contribution in [0.25, 0.3) is 0 Å². The molecule has 0 amide bonds. The smallest absolute Gasteiger partial charge is 0.152 e. The van der Waals surface area contributed by atoms with Crippen LogP contribution in [0, 0.1) is 0 Å². The first kappa shape index (κ1) is 18.9. The number of hydrogen-bond acceptors (Lipinski definition) is 1. The van der Waals surface area contributed by atoms with Crippen molar-refractivity contribution in [1.29, 1.82) is 0 Å². The van der Waals surface area contributed by atoms with Gasteiger partial charge in [-0.2, -0.15) is 0 Å². The zero-order valence-electron chi connectivity index (χ0n) is 12.6. The Morgan fingerprint density at radius 1 is 0.789 bits per heavy atom. The van der Waals surface area contributed by atoms with Gasteiger partial charge in [-0.05, 0) is 32.1 Å². The lowest BCUT2D eigenvalue weighted by molar-refractivity contribution is 0.556. The predicted molar refractivity (Wildman–Crippen MR) is 85.9 cm³/mol. The molecule has 114 valence electrons. The predicted octanol–water partition coefficient (Wildman–Crippen LogP) is 5.47. The first-order valence-corrected chi connectivity index (χ1v) is 9.27. The van der Waals surface area contributed by atoms with Crippen LogP contribution < -0.4 is 0 Å². The molecule has 0 heterocycles. The summed E-state index contributed by atoms with van der Waals surface area (Å²) in [5.74, 6) is 0.442. The molecule has 0 saturated heterocycles. The average Bonchev–Trinajstić information content (AvgIpc) is 2.39. The van der Waals surface area contributed by atoms with Crippen molar-refractivity contribution in [1.82, 2.24) is 0 Å². The van der Waals surface area contributed by atoms with E-state index in [-0.39, 0.29) is 0 Å². The van der Waals surface area contributed by atoms with Gasteiger partial charge in [-0.15, -0.1) is 0 Å². The van der Waals surface area contributed by atoms with Crippen molar-refractivity contribution in [3.8, 4) is 0 Å². The minimum absolute atomic E-state index is 0.442. The van der Waals surface area contributed by atoms with Crippen LogP contribution >= 0.6 is 0 Å². The molecule has 0 rings (SSSR count). The zero-order chi connectivity index (χ0) is 14.2. The van der Waals surface area contributed by atoms with Gasteiger partial charge < -0.3 is 4.55 Å². The molecule has 0 aromatic heterocycles. The fourth-order valence-electron chi connectivity index (χ4n) is 2.12. The molecule has 0 fully saturated rings. The Balaban J connectivity index is 3.06. The summed E-state index contributed by atoms with van der Waals surface area (Å²) in [5.41, 5.74) is 0. The number of hydrogen-bond donors (Lipinski definition) is 1. The standard InChI is InChI=1S/C16H32O2S/c1-2-3-4-5-6-7-8-9-10-11-12-13-14-15-16-19(17)18/h8-9H,2-7,10-16H2,1H3,(H,17,18). The van der Waals surface area contributed by atoms with E-state index < -0.39 is 11.1 Å². The summed E-state index contributed by atoms with van der Waals surface area (Å²) in [6.07, 6.45) is 19.6. The van der Waals surface area contributed by atoms with E-state index in [1.165, 1.54) is 64.2 Å². The molecule has 0 aliphatic heterocycles. The first-order chi connectivity index (χ1) is 9.27. The SMILES string of the molecule is CCCCCCCC=CCCCCCCCS(=O)O. The molecule has 3 heteroatoms. The fourth-order valence-corrected chi connectivity index (χ4v) is 2.57. The number of unbranched alkanes of at least 4 members (excludes halogenated alkanes) is 10. The fraction of sp³-hybridized carbons (Fsp3) is 0.875. The second-order valence-electron chi connectivity index (χ2n) is 5.26. The third kappa shape index (κ3) is 17.9. The Labute approximate surface area is 122 Å². The summed E-state index contributed by atoms with van der Waals surface area (Å²) in [7, 11) is 0. The molecule has 0 aromatic rings. The molecule has 0 saturated carbocycles. The average molecular weight is 288 g/mol. The molecule has 19 heavy (non-hydrogen) atoms. The van der Waals surface area contributed by atoms with E-state index in [9.17, 15) is 4.21 Å². The van der Waals surface area contributed by atoms with Gasteiger partial charge in [-0.3, -0.25) is 0 Å². The minimum atomic E-state index is -1.59. The molecule has 1 atom stereocenters. The van der Waals surface area contributed by atoms with Gasteiger partial charge in [0, 0.05) is 5.75 Å². The molecular weight excluding hydrogens is 256 g/mol. The van der Waals surface area contributed by atoms with Crippen molar-refractivity contribution in [2.75, 3.05) is 5.75 Å². The largest absolute Gasteiger partial charge is 0.306 e. The van der Waals surface area contributed by atoms with E-state index in [0.29, 0.717) is 5.75 Å². The highest BCUT2D eigenvalue weighted by molar-refractivity contribution is 7.79. The molecule has 0 spiro atoms. The van der Waals surface area contributed by atoms with E-state index in [2.05, 4.69) is 19.1 Å². The van der Waals surface area contributed by atoms with Gasteiger partial charge in [-0.25, -0.2) is 4.21 Å². The van der Waals surface area contributed by atoms with Gasteiger partial charge in [0.25, 0.3) is 0 Å². The lowest BCUT2D eigenvalue weighted by Gasteiger charge is -1.99. The van der Waals surface area contributed by atoms with E-state index in [4.69, 9.17) is 4.55 Å². The van der Waals surface area contributed by atoms with Crippen LogP contribution in [-0.2, 0) is 11.1 Å². The normalized spacial score (nSPS) is 13.2. The van der Waals surface area contributed by atoms with Gasteiger partial charge in [-0.1, -0.05) is 64.0 Å². The summed E-state index contributed by atoms with van der Waals surface area (Å²) < 4.78 is 19.0. The van der Waals surface area contributed by atoms with Gasteiger partial charge in [0.2, 0.25) is 0 Å². The van der Waals surface area contributed by atoms with Gasteiger partial charge in [0.1, 0.15) is 0 Å². The van der Waals surface area contributed by atoms with E-state index in [1.54, 1.807) is 0 Å². The Hall–Kier alpha value is -0.150. The Morgan fingerprint density at radius 2 is 1.26 bits per heavy atom. The first-order valence-electron chi connectivity index (χ1n) is 7.99. The van der Waals surface area contributed by atoms with Crippen LogP contribution in [0.3, 0.4) is 0 Å². The number of rotatable bonds is 14. The minimum Gasteiger partial charge on any atom is -0.306 e. The summed E-state index contributed by atoms with van der Waals surface area (Å²) in [4.78, 5) is 0. The van der Waals surface area contributed by atoms with Gasteiger partial charge >= 0.3 is 0 Å². The molecule has 2 nitrogen and oxygen atoms in total. The topological polar surface area (TPSA) is 37.3 Å². The molecule has 0 bridgehead atoms. The van der Waals surface area contributed by atoms with Crippen LogP contribution in [0.1, 0.15) is 84.0 Å².